The van der Waals surface area contributed by atoms with Crippen molar-refractivity contribution < 1.29 is 14.2 Å². The Hall–Kier alpha value is -2.12. The largest absolute Gasteiger partial charge is 0.474 e. The van der Waals surface area contributed by atoms with E-state index in [4.69, 9.17) is 37.4 Å². The summed E-state index contributed by atoms with van der Waals surface area (Å²) >= 11 is 12.8. The van der Waals surface area contributed by atoms with Crippen LogP contribution in [-0.2, 0) is 9.47 Å². The Kier molecular flexibility index (Phi) is 5.53. The third-order valence-electron chi connectivity index (χ3n) is 5.00. The second-order valence-corrected chi connectivity index (χ2v) is 8.59. The van der Waals surface area contributed by atoms with Gasteiger partial charge in [0.15, 0.2) is 11.2 Å². The van der Waals surface area contributed by atoms with Crippen LogP contribution < -0.4 is 10.2 Å². The molecule has 1 atom stereocenters. The fourth-order valence-corrected chi connectivity index (χ4v) is 4.22. The Bertz CT molecular complexity index is 1170. The average Bonchev–Trinajstić information content (AvgIpc) is 3.00. The van der Waals surface area contributed by atoms with Crippen molar-refractivity contribution in [1.82, 2.24) is 9.55 Å². The molecule has 0 spiro atoms. The molecule has 30 heavy (non-hydrogen) atoms. The van der Waals surface area contributed by atoms with Gasteiger partial charge in [0.25, 0.3) is 0 Å². The maximum absolute atomic E-state index is 12.9. The van der Waals surface area contributed by atoms with Crippen LogP contribution in [0.5, 0.6) is 5.88 Å². The zero-order valence-corrected chi connectivity index (χ0v) is 18.7. The lowest BCUT2D eigenvalue weighted by atomic mass is 10.1. The highest BCUT2D eigenvalue weighted by molar-refractivity contribution is 6.32. The van der Waals surface area contributed by atoms with E-state index >= 15 is 0 Å². The van der Waals surface area contributed by atoms with Crippen LogP contribution >= 0.6 is 23.2 Å². The summed E-state index contributed by atoms with van der Waals surface area (Å²) in [5, 5.41) is 1.12. The molecule has 4 rings (SSSR count). The van der Waals surface area contributed by atoms with Gasteiger partial charge in [0.05, 0.1) is 22.8 Å². The van der Waals surface area contributed by atoms with Gasteiger partial charge in [-0.3, -0.25) is 4.79 Å². The van der Waals surface area contributed by atoms with Crippen molar-refractivity contribution in [2.45, 2.75) is 39.6 Å². The Morgan fingerprint density at radius 3 is 2.70 bits per heavy atom. The molecule has 1 aliphatic heterocycles. The van der Waals surface area contributed by atoms with Gasteiger partial charge in [0, 0.05) is 17.8 Å². The molecule has 1 saturated heterocycles. The zero-order valence-electron chi connectivity index (χ0n) is 17.2. The molecule has 3 heterocycles. The zero-order chi connectivity index (χ0) is 21.6. The summed E-state index contributed by atoms with van der Waals surface area (Å²) in [5.41, 5.74) is 2.85. The number of ether oxygens (including phenoxy) is 3. The lowest BCUT2D eigenvalue weighted by Crippen LogP contribution is -2.25. The number of nitrogens with zero attached hydrogens (tertiary/aromatic N) is 2. The summed E-state index contributed by atoms with van der Waals surface area (Å²) < 4.78 is 19.2. The summed E-state index contributed by atoms with van der Waals surface area (Å²) in [6.07, 6.45) is -0.269. The monoisotopic (exact) mass is 448 g/mol. The first-order chi connectivity index (χ1) is 14.2. The standard InChI is InChI=1S/C22H22Cl2N2O4/c1-12-6-5-7-15(23)20(12)26-13(2)8-17(27)19-16(26)9-18(24)25-21(19)28-10-14-11-29-22(3,4)30-14/h5-9,14H,10-11H2,1-4H3. The fourth-order valence-electron chi connectivity index (χ4n) is 3.73. The number of hydrogen-bond donors (Lipinski definition) is 0. The first-order valence-corrected chi connectivity index (χ1v) is 10.3. The molecule has 6 nitrogen and oxygen atoms in total. The normalized spacial score (nSPS) is 18.1. The molecule has 0 radical (unpaired) electrons. The molecule has 0 saturated carbocycles. The Balaban J connectivity index is 1.85. The van der Waals surface area contributed by atoms with Gasteiger partial charge in [-0.25, -0.2) is 4.98 Å². The van der Waals surface area contributed by atoms with Crippen LogP contribution in [0.3, 0.4) is 0 Å². The van der Waals surface area contributed by atoms with Gasteiger partial charge in [-0.05, 0) is 39.3 Å². The van der Waals surface area contributed by atoms with E-state index in [1.165, 1.54) is 0 Å². The molecule has 2 aromatic heterocycles. The molecule has 1 aliphatic rings. The van der Waals surface area contributed by atoms with Crippen molar-refractivity contribution >= 4 is 34.1 Å². The Morgan fingerprint density at radius 2 is 2.03 bits per heavy atom. The maximum Gasteiger partial charge on any atom is 0.228 e. The minimum absolute atomic E-state index is 0.161. The molecular formula is C22H22Cl2N2O4. The summed E-state index contributed by atoms with van der Waals surface area (Å²) in [6.45, 7) is 8.08. The second kappa shape index (κ2) is 7.85. The van der Waals surface area contributed by atoms with Crippen LogP contribution in [-0.4, -0.2) is 34.7 Å². The van der Waals surface area contributed by atoms with Crippen LogP contribution in [0, 0.1) is 13.8 Å². The van der Waals surface area contributed by atoms with Crippen molar-refractivity contribution in [1.29, 1.82) is 0 Å². The van der Waals surface area contributed by atoms with E-state index in [0.29, 0.717) is 22.5 Å². The van der Waals surface area contributed by atoms with Crippen LogP contribution in [0.15, 0.2) is 35.1 Å². The van der Waals surface area contributed by atoms with Gasteiger partial charge < -0.3 is 18.8 Å². The van der Waals surface area contributed by atoms with Gasteiger partial charge in [-0.2, -0.15) is 0 Å². The summed E-state index contributed by atoms with van der Waals surface area (Å²) in [4.78, 5) is 17.2. The topological polar surface area (TPSA) is 62.6 Å². The van der Waals surface area contributed by atoms with E-state index in [2.05, 4.69) is 4.98 Å². The van der Waals surface area contributed by atoms with Crippen molar-refractivity contribution in [3.05, 3.63) is 62.0 Å². The predicted molar refractivity (Wildman–Crippen MR) is 117 cm³/mol. The molecular weight excluding hydrogens is 427 g/mol. The van der Waals surface area contributed by atoms with Crippen LogP contribution in [0.25, 0.3) is 16.6 Å². The Morgan fingerprint density at radius 1 is 1.27 bits per heavy atom. The first-order valence-electron chi connectivity index (χ1n) is 9.59. The lowest BCUT2D eigenvalue weighted by molar-refractivity contribution is -0.141. The summed E-state index contributed by atoms with van der Waals surface area (Å²) in [7, 11) is 0. The molecule has 8 heteroatoms. The number of aromatic nitrogens is 2. The van der Waals surface area contributed by atoms with E-state index in [1.54, 1.807) is 12.1 Å². The average molecular weight is 449 g/mol. The first kappa shape index (κ1) is 21.1. The second-order valence-electron chi connectivity index (χ2n) is 7.80. The van der Waals surface area contributed by atoms with E-state index < -0.39 is 5.79 Å². The quantitative estimate of drug-likeness (QED) is 0.534. The van der Waals surface area contributed by atoms with Crippen LogP contribution in [0.2, 0.25) is 10.2 Å². The molecule has 0 aliphatic carbocycles. The van der Waals surface area contributed by atoms with Gasteiger partial charge in [0.1, 0.15) is 23.3 Å². The molecule has 1 aromatic carbocycles. The molecule has 0 N–H and O–H groups in total. The molecule has 0 bridgehead atoms. The van der Waals surface area contributed by atoms with E-state index in [-0.39, 0.29) is 29.2 Å². The van der Waals surface area contributed by atoms with E-state index in [1.807, 2.05) is 50.5 Å². The highest BCUT2D eigenvalue weighted by Gasteiger charge is 2.33. The predicted octanol–water partition coefficient (Wildman–Crippen LogP) is 4.84. The minimum Gasteiger partial charge on any atom is -0.474 e. The van der Waals surface area contributed by atoms with Crippen LogP contribution in [0.4, 0.5) is 0 Å². The highest BCUT2D eigenvalue weighted by Crippen LogP contribution is 2.32. The van der Waals surface area contributed by atoms with Gasteiger partial charge in [-0.15, -0.1) is 0 Å². The number of pyridine rings is 2. The number of para-hydroxylation sites is 1. The lowest BCUT2D eigenvalue weighted by Gasteiger charge is -2.20. The number of benzene rings is 1. The third kappa shape index (κ3) is 3.93. The van der Waals surface area contributed by atoms with Crippen molar-refractivity contribution in [3.63, 3.8) is 0 Å². The van der Waals surface area contributed by atoms with Crippen LogP contribution in [0.1, 0.15) is 25.1 Å². The fraction of sp³-hybridized carbons (Fsp3) is 0.364. The number of fused-ring (bicyclic) bond motifs is 1. The number of hydrogen-bond acceptors (Lipinski definition) is 5. The van der Waals surface area contributed by atoms with Gasteiger partial charge in [-0.1, -0.05) is 35.3 Å². The maximum atomic E-state index is 12.9. The molecule has 1 fully saturated rings. The SMILES string of the molecule is Cc1cccc(Cl)c1-n1c(C)cc(=O)c2c(OCC3COC(C)(C)O3)nc(Cl)cc21. The molecule has 3 aromatic rings. The molecule has 0 amide bonds. The Labute approximate surface area is 184 Å². The summed E-state index contributed by atoms with van der Waals surface area (Å²) in [6, 6.07) is 8.86. The minimum atomic E-state index is -0.663. The number of halogens is 2. The van der Waals surface area contributed by atoms with E-state index in [0.717, 1.165) is 16.9 Å². The smallest absolute Gasteiger partial charge is 0.228 e. The highest BCUT2D eigenvalue weighted by atomic mass is 35.5. The van der Waals surface area contributed by atoms with Crippen molar-refractivity contribution in [3.8, 4) is 11.6 Å². The van der Waals surface area contributed by atoms with Crippen molar-refractivity contribution in [2.24, 2.45) is 0 Å². The van der Waals surface area contributed by atoms with Gasteiger partial charge in [0.2, 0.25) is 5.88 Å². The molecule has 1 unspecified atom stereocenters. The number of rotatable bonds is 4. The van der Waals surface area contributed by atoms with Crippen molar-refractivity contribution in [2.75, 3.05) is 13.2 Å². The third-order valence-corrected chi connectivity index (χ3v) is 5.50. The molecule has 158 valence electrons. The number of aryl methyl sites for hydroxylation is 2. The van der Waals surface area contributed by atoms with Gasteiger partial charge >= 0.3 is 0 Å². The van der Waals surface area contributed by atoms with E-state index in [9.17, 15) is 4.79 Å². The summed E-state index contributed by atoms with van der Waals surface area (Å²) in [5.74, 6) is -0.502.